The average molecular weight is 208 g/mol. The maximum absolute atomic E-state index is 5.30. The second kappa shape index (κ2) is 5.21. The Morgan fingerprint density at radius 3 is 2.87 bits per heavy atom. The van der Waals surface area contributed by atoms with E-state index in [1.807, 2.05) is 19.3 Å². The van der Waals surface area contributed by atoms with Gasteiger partial charge >= 0.3 is 0 Å². The van der Waals surface area contributed by atoms with Crippen LogP contribution in [0, 0.1) is 5.92 Å². The van der Waals surface area contributed by atoms with E-state index in [1.54, 1.807) is 6.20 Å². The number of nitrogens with zero attached hydrogens (tertiary/aromatic N) is 1. The molecule has 1 saturated heterocycles. The Balaban J connectivity index is 2.09. The first-order valence-electron chi connectivity index (χ1n) is 5.14. The first-order chi connectivity index (χ1) is 7.42. The number of hydrogen-bond acceptors (Lipinski definition) is 4. The van der Waals surface area contributed by atoms with E-state index in [4.69, 9.17) is 9.47 Å². The molecule has 2 heterocycles. The van der Waals surface area contributed by atoms with Crippen LogP contribution in [0.1, 0.15) is 11.6 Å². The lowest BCUT2D eigenvalue weighted by Gasteiger charge is -2.29. The molecule has 4 nitrogen and oxygen atoms in total. The summed E-state index contributed by atoms with van der Waals surface area (Å²) >= 11 is 0. The number of nitrogens with one attached hydrogen (secondary N) is 1. The molecule has 1 aromatic rings. The van der Waals surface area contributed by atoms with Crippen molar-refractivity contribution in [1.82, 2.24) is 10.3 Å². The van der Waals surface area contributed by atoms with Gasteiger partial charge in [-0.05, 0) is 18.7 Å². The molecule has 1 atom stereocenters. The second-order valence-corrected chi connectivity index (χ2v) is 3.67. The number of aromatic nitrogens is 1. The van der Waals surface area contributed by atoms with Crippen molar-refractivity contribution in [3.8, 4) is 0 Å². The van der Waals surface area contributed by atoms with E-state index in [-0.39, 0.29) is 6.04 Å². The lowest BCUT2D eigenvalue weighted by atomic mass is 9.95. The van der Waals surface area contributed by atoms with Crippen LogP contribution >= 0.6 is 0 Å². The van der Waals surface area contributed by atoms with Gasteiger partial charge in [-0.25, -0.2) is 0 Å². The summed E-state index contributed by atoms with van der Waals surface area (Å²) in [4.78, 5) is 4.13. The summed E-state index contributed by atoms with van der Waals surface area (Å²) in [6, 6.07) is 4.27. The standard InChI is InChI=1S/C11H16N2O2/c1-12-11(9-3-2-4-13-5-9)10-6-14-8-15-7-10/h2-5,10-12H,6-8H2,1H3. The highest BCUT2D eigenvalue weighted by Crippen LogP contribution is 2.23. The summed E-state index contributed by atoms with van der Waals surface area (Å²) in [5.41, 5.74) is 1.18. The van der Waals surface area contributed by atoms with Crippen LogP contribution in [0.25, 0.3) is 0 Å². The monoisotopic (exact) mass is 208 g/mol. The van der Waals surface area contributed by atoms with Crippen molar-refractivity contribution in [2.75, 3.05) is 27.1 Å². The molecule has 0 radical (unpaired) electrons. The molecule has 0 saturated carbocycles. The van der Waals surface area contributed by atoms with Crippen molar-refractivity contribution in [1.29, 1.82) is 0 Å². The van der Waals surface area contributed by atoms with Crippen LogP contribution in [0.2, 0.25) is 0 Å². The molecule has 1 unspecified atom stereocenters. The zero-order valence-electron chi connectivity index (χ0n) is 8.85. The molecule has 1 N–H and O–H groups in total. The normalized spacial score (nSPS) is 20.1. The summed E-state index contributed by atoms with van der Waals surface area (Å²) in [6.45, 7) is 1.89. The van der Waals surface area contributed by atoms with Gasteiger partial charge < -0.3 is 14.8 Å². The average Bonchev–Trinajstić information content (AvgIpc) is 2.33. The summed E-state index contributed by atoms with van der Waals surface area (Å²) in [5, 5.41) is 3.29. The molecule has 0 amide bonds. The van der Waals surface area contributed by atoms with E-state index in [1.165, 1.54) is 5.56 Å². The SMILES string of the molecule is CNC(c1cccnc1)C1COCOC1. The Labute approximate surface area is 89.6 Å². The number of pyridine rings is 1. The lowest BCUT2D eigenvalue weighted by molar-refractivity contribution is -0.132. The molecule has 1 fully saturated rings. The van der Waals surface area contributed by atoms with Gasteiger partial charge in [0.15, 0.2) is 0 Å². The summed E-state index contributed by atoms with van der Waals surface area (Å²) in [5.74, 6) is 0.355. The molecule has 0 bridgehead atoms. The van der Waals surface area contributed by atoms with E-state index in [9.17, 15) is 0 Å². The van der Waals surface area contributed by atoms with Crippen LogP contribution in [0.4, 0.5) is 0 Å². The topological polar surface area (TPSA) is 43.4 Å². The van der Waals surface area contributed by atoms with Gasteiger partial charge in [0, 0.05) is 24.4 Å². The van der Waals surface area contributed by atoms with E-state index in [0.717, 1.165) is 13.2 Å². The molecule has 1 aliphatic rings. The molecular formula is C11H16N2O2. The summed E-state index contributed by atoms with van der Waals surface area (Å²) < 4.78 is 10.6. The zero-order chi connectivity index (χ0) is 10.5. The minimum atomic E-state index is 0.249. The Bertz CT molecular complexity index is 286. The predicted molar refractivity (Wildman–Crippen MR) is 56.3 cm³/mol. The van der Waals surface area contributed by atoms with E-state index >= 15 is 0 Å². The van der Waals surface area contributed by atoms with Gasteiger partial charge in [0.05, 0.1) is 13.2 Å². The van der Waals surface area contributed by atoms with Gasteiger partial charge in [-0.1, -0.05) is 6.07 Å². The van der Waals surface area contributed by atoms with Crippen molar-refractivity contribution < 1.29 is 9.47 Å². The van der Waals surface area contributed by atoms with Crippen molar-refractivity contribution in [2.24, 2.45) is 5.92 Å². The van der Waals surface area contributed by atoms with Crippen LogP contribution in [0.15, 0.2) is 24.5 Å². The Kier molecular flexibility index (Phi) is 3.66. The quantitative estimate of drug-likeness (QED) is 0.803. The molecule has 1 aliphatic heterocycles. The van der Waals surface area contributed by atoms with Crippen molar-refractivity contribution >= 4 is 0 Å². The fraction of sp³-hybridized carbons (Fsp3) is 0.545. The van der Waals surface area contributed by atoms with E-state index < -0.39 is 0 Å². The van der Waals surface area contributed by atoms with Gasteiger partial charge in [0.2, 0.25) is 0 Å². The first-order valence-corrected chi connectivity index (χ1v) is 5.14. The summed E-state index contributed by atoms with van der Waals surface area (Å²) in [6.07, 6.45) is 3.67. The Morgan fingerprint density at radius 1 is 1.47 bits per heavy atom. The molecule has 0 aliphatic carbocycles. The minimum absolute atomic E-state index is 0.249. The molecule has 1 aromatic heterocycles. The molecule has 4 heteroatoms. The molecule has 82 valence electrons. The van der Waals surface area contributed by atoms with Crippen molar-refractivity contribution in [2.45, 2.75) is 6.04 Å². The van der Waals surface area contributed by atoms with Crippen LogP contribution in [-0.4, -0.2) is 32.0 Å². The maximum Gasteiger partial charge on any atom is 0.146 e. The van der Waals surface area contributed by atoms with Gasteiger partial charge in [-0.15, -0.1) is 0 Å². The first kappa shape index (κ1) is 10.5. The van der Waals surface area contributed by atoms with Gasteiger partial charge in [0.1, 0.15) is 6.79 Å². The molecule has 2 rings (SSSR count). The van der Waals surface area contributed by atoms with Gasteiger partial charge in [-0.3, -0.25) is 4.98 Å². The van der Waals surface area contributed by atoms with Gasteiger partial charge in [0.25, 0.3) is 0 Å². The molecule has 0 spiro atoms. The number of hydrogen-bond donors (Lipinski definition) is 1. The zero-order valence-corrected chi connectivity index (χ0v) is 8.85. The third kappa shape index (κ3) is 2.53. The number of rotatable bonds is 3. The molecule has 15 heavy (non-hydrogen) atoms. The number of ether oxygens (including phenoxy) is 2. The minimum Gasteiger partial charge on any atom is -0.355 e. The fourth-order valence-corrected chi connectivity index (χ4v) is 1.93. The van der Waals surface area contributed by atoms with Crippen LogP contribution in [0.3, 0.4) is 0 Å². The Hall–Kier alpha value is -0.970. The largest absolute Gasteiger partial charge is 0.355 e. The highest BCUT2D eigenvalue weighted by molar-refractivity contribution is 5.15. The van der Waals surface area contributed by atoms with E-state index in [2.05, 4.69) is 16.4 Å². The smallest absolute Gasteiger partial charge is 0.146 e. The van der Waals surface area contributed by atoms with Crippen LogP contribution in [-0.2, 0) is 9.47 Å². The maximum atomic E-state index is 5.30. The third-order valence-electron chi connectivity index (χ3n) is 2.66. The van der Waals surface area contributed by atoms with Gasteiger partial charge in [-0.2, -0.15) is 0 Å². The molecular weight excluding hydrogens is 192 g/mol. The fourth-order valence-electron chi connectivity index (χ4n) is 1.93. The summed E-state index contributed by atoms with van der Waals surface area (Å²) in [7, 11) is 1.95. The second-order valence-electron chi connectivity index (χ2n) is 3.67. The highest BCUT2D eigenvalue weighted by Gasteiger charge is 2.24. The predicted octanol–water partition coefficient (Wildman–Crippen LogP) is 0.963. The highest BCUT2D eigenvalue weighted by atomic mass is 16.7. The third-order valence-corrected chi connectivity index (χ3v) is 2.66. The molecule has 0 aromatic carbocycles. The lowest BCUT2D eigenvalue weighted by Crippen LogP contribution is -2.35. The van der Waals surface area contributed by atoms with Crippen molar-refractivity contribution in [3.05, 3.63) is 30.1 Å². The van der Waals surface area contributed by atoms with Crippen LogP contribution in [0.5, 0.6) is 0 Å². The van der Waals surface area contributed by atoms with Crippen molar-refractivity contribution in [3.63, 3.8) is 0 Å². The Morgan fingerprint density at radius 2 is 2.27 bits per heavy atom. The van der Waals surface area contributed by atoms with E-state index in [0.29, 0.717) is 12.7 Å². The van der Waals surface area contributed by atoms with Crippen LogP contribution < -0.4 is 5.32 Å².